The van der Waals surface area contributed by atoms with Crippen LogP contribution in [0.2, 0.25) is 0 Å². The van der Waals surface area contributed by atoms with Gasteiger partial charge in [0.2, 0.25) is 0 Å². The third kappa shape index (κ3) is 4.40. The Hall–Kier alpha value is -0.120. The Morgan fingerprint density at radius 2 is 1.86 bits per heavy atom. The number of rotatable bonds is 5. The Bertz CT molecular complexity index is 249. The number of aliphatic hydroxyl groups excluding tert-OH is 1. The molecule has 0 heterocycles. The van der Waals surface area contributed by atoms with E-state index in [1.165, 1.54) is 5.56 Å². The van der Waals surface area contributed by atoms with Crippen molar-refractivity contribution in [2.45, 2.75) is 31.0 Å². The average Bonchev–Trinajstić information content (AvgIpc) is 2.19. The molecule has 1 N–H and O–H groups in total. The second-order valence-corrected chi connectivity index (χ2v) is 6.03. The fourth-order valence-electron chi connectivity index (χ4n) is 0.864. The molecule has 0 aliphatic heterocycles. The summed E-state index contributed by atoms with van der Waals surface area (Å²) in [6, 6.07) is 10.4. The summed E-state index contributed by atoms with van der Waals surface area (Å²) in [7, 11) is 3.55. The van der Waals surface area contributed by atoms with Crippen LogP contribution >= 0.6 is 21.6 Å². The van der Waals surface area contributed by atoms with E-state index < -0.39 is 0 Å². The maximum absolute atomic E-state index is 9.28. The molecule has 1 aromatic rings. The molecule has 0 spiro atoms. The van der Waals surface area contributed by atoms with Crippen LogP contribution in [0.5, 0.6) is 0 Å². The first kappa shape index (κ1) is 12.0. The minimum Gasteiger partial charge on any atom is -0.392 e. The van der Waals surface area contributed by atoms with Crippen molar-refractivity contribution in [2.75, 3.05) is 0 Å². The van der Waals surface area contributed by atoms with Crippen LogP contribution < -0.4 is 0 Å². The fraction of sp³-hybridized carbons (Fsp3) is 0.455. The lowest BCUT2D eigenvalue weighted by Gasteiger charge is -2.12. The van der Waals surface area contributed by atoms with Crippen molar-refractivity contribution < 1.29 is 5.11 Å². The smallest absolute Gasteiger partial charge is 0.0636 e. The van der Waals surface area contributed by atoms with Crippen molar-refractivity contribution in [3.63, 3.8) is 0 Å². The Morgan fingerprint density at radius 1 is 1.21 bits per heavy atom. The van der Waals surface area contributed by atoms with Crippen LogP contribution in [-0.4, -0.2) is 16.5 Å². The van der Waals surface area contributed by atoms with Gasteiger partial charge >= 0.3 is 0 Å². The summed E-state index contributed by atoms with van der Waals surface area (Å²) in [6.45, 7) is 3.88. The average molecular weight is 228 g/mol. The van der Waals surface area contributed by atoms with Crippen molar-refractivity contribution in [1.82, 2.24) is 0 Å². The highest BCUT2D eigenvalue weighted by Crippen LogP contribution is 2.31. The maximum Gasteiger partial charge on any atom is 0.0636 e. The van der Waals surface area contributed by atoms with Crippen LogP contribution in [0.25, 0.3) is 0 Å². The first-order valence-electron chi connectivity index (χ1n) is 4.70. The number of benzene rings is 1. The molecule has 0 saturated carbocycles. The van der Waals surface area contributed by atoms with Gasteiger partial charge in [-0.3, -0.25) is 0 Å². The van der Waals surface area contributed by atoms with E-state index in [-0.39, 0.29) is 6.10 Å². The molecule has 1 rings (SSSR count). The zero-order valence-corrected chi connectivity index (χ0v) is 10.1. The third-order valence-electron chi connectivity index (χ3n) is 1.97. The van der Waals surface area contributed by atoms with Crippen LogP contribution in [0.15, 0.2) is 30.3 Å². The maximum atomic E-state index is 9.28. The van der Waals surface area contributed by atoms with Crippen LogP contribution in [0.3, 0.4) is 0 Å². The largest absolute Gasteiger partial charge is 0.392 e. The van der Waals surface area contributed by atoms with Crippen molar-refractivity contribution >= 4 is 21.6 Å². The van der Waals surface area contributed by atoms with Gasteiger partial charge in [-0.15, -0.1) is 0 Å². The molecule has 0 aliphatic rings. The van der Waals surface area contributed by atoms with Gasteiger partial charge in [0.25, 0.3) is 0 Å². The van der Waals surface area contributed by atoms with Crippen molar-refractivity contribution in [3.8, 4) is 0 Å². The highest BCUT2D eigenvalue weighted by Gasteiger charge is 2.08. The molecule has 0 amide bonds. The summed E-state index contributed by atoms with van der Waals surface area (Å²) in [4.78, 5) is 0. The van der Waals surface area contributed by atoms with E-state index in [0.29, 0.717) is 5.25 Å². The Kier molecular flexibility index (Phi) is 5.45. The predicted octanol–water partition coefficient (Wildman–Crippen LogP) is 3.34. The first-order valence-corrected chi connectivity index (χ1v) is 7.08. The normalized spacial score (nSPS) is 15.1. The van der Waals surface area contributed by atoms with E-state index in [1.54, 1.807) is 21.6 Å². The molecule has 0 radical (unpaired) electrons. The Labute approximate surface area is 93.7 Å². The number of hydrogen-bond donors (Lipinski definition) is 1. The van der Waals surface area contributed by atoms with Gasteiger partial charge in [0.1, 0.15) is 0 Å². The van der Waals surface area contributed by atoms with Crippen LogP contribution in [0.4, 0.5) is 0 Å². The van der Waals surface area contributed by atoms with Gasteiger partial charge in [-0.05, 0) is 19.4 Å². The fourth-order valence-corrected chi connectivity index (χ4v) is 3.37. The zero-order chi connectivity index (χ0) is 10.4. The summed E-state index contributed by atoms with van der Waals surface area (Å²) in [5.41, 5.74) is 1.34. The standard InChI is InChI=1S/C11H16OS2/c1-9(12)10(2)14-13-8-11-6-4-3-5-7-11/h3-7,9-10,12H,8H2,1-2H3. The van der Waals surface area contributed by atoms with E-state index >= 15 is 0 Å². The molecule has 0 aromatic heterocycles. The lowest BCUT2D eigenvalue weighted by atomic mass is 10.2. The molecule has 0 aliphatic carbocycles. The van der Waals surface area contributed by atoms with Crippen LogP contribution in [-0.2, 0) is 5.75 Å². The monoisotopic (exact) mass is 228 g/mol. The first-order chi connectivity index (χ1) is 6.70. The van der Waals surface area contributed by atoms with Gasteiger partial charge in [0, 0.05) is 11.0 Å². The van der Waals surface area contributed by atoms with E-state index in [2.05, 4.69) is 24.3 Å². The molecular weight excluding hydrogens is 212 g/mol. The molecule has 1 nitrogen and oxygen atoms in total. The molecule has 0 saturated heterocycles. The van der Waals surface area contributed by atoms with Gasteiger partial charge in [-0.25, -0.2) is 0 Å². The highest BCUT2D eigenvalue weighted by molar-refractivity contribution is 8.76. The van der Waals surface area contributed by atoms with E-state index in [0.717, 1.165) is 5.75 Å². The van der Waals surface area contributed by atoms with Gasteiger partial charge in [-0.2, -0.15) is 0 Å². The third-order valence-corrected chi connectivity index (χ3v) is 4.92. The van der Waals surface area contributed by atoms with Gasteiger partial charge < -0.3 is 5.11 Å². The second-order valence-electron chi connectivity index (χ2n) is 3.29. The molecule has 78 valence electrons. The van der Waals surface area contributed by atoms with Crippen LogP contribution in [0.1, 0.15) is 19.4 Å². The molecule has 2 unspecified atom stereocenters. The van der Waals surface area contributed by atoms with Crippen LogP contribution in [0, 0.1) is 0 Å². The van der Waals surface area contributed by atoms with E-state index in [4.69, 9.17) is 0 Å². The quantitative estimate of drug-likeness (QED) is 0.781. The highest BCUT2D eigenvalue weighted by atomic mass is 33.1. The lowest BCUT2D eigenvalue weighted by molar-refractivity contribution is 0.197. The topological polar surface area (TPSA) is 20.2 Å². The number of aliphatic hydroxyl groups is 1. The molecule has 3 heteroatoms. The molecule has 14 heavy (non-hydrogen) atoms. The summed E-state index contributed by atoms with van der Waals surface area (Å²) >= 11 is 0. The molecule has 2 atom stereocenters. The molecular formula is C11H16OS2. The van der Waals surface area contributed by atoms with E-state index in [9.17, 15) is 5.11 Å². The SMILES string of the molecule is CC(O)C(C)SSCc1ccccc1. The lowest BCUT2D eigenvalue weighted by Crippen LogP contribution is -2.13. The minimum atomic E-state index is -0.233. The summed E-state index contributed by atoms with van der Waals surface area (Å²) in [5, 5.41) is 9.58. The summed E-state index contributed by atoms with van der Waals surface area (Å²) in [6.07, 6.45) is -0.233. The Balaban J connectivity index is 2.22. The molecule has 0 bridgehead atoms. The predicted molar refractivity (Wildman–Crippen MR) is 66.5 cm³/mol. The molecule has 1 aromatic carbocycles. The zero-order valence-electron chi connectivity index (χ0n) is 8.51. The van der Waals surface area contributed by atoms with Gasteiger partial charge in [0.15, 0.2) is 0 Å². The van der Waals surface area contributed by atoms with Gasteiger partial charge in [0.05, 0.1) is 6.10 Å². The minimum absolute atomic E-state index is 0.233. The number of hydrogen-bond acceptors (Lipinski definition) is 3. The second kappa shape index (κ2) is 6.38. The van der Waals surface area contributed by atoms with E-state index in [1.807, 2.05) is 19.9 Å². The summed E-state index contributed by atoms with van der Waals surface area (Å²) < 4.78 is 0. The van der Waals surface area contributed by atoms with Gasteiger partial charge in [-0.1, -0.05) is 51.9 Å². The molecule has 0 fully saturated rings. The van der Waals surface area contributed by atoms with Crippen molar-refractivity contribution in [3.05, 3.63) is 35.9 Å². The van der Waals surface area contributed by atoms with Crippen molar-refractivity contribution in [2.24, 2.45) is 0 Å². The summed E-state index contributed by atoms with van der Waals surface area (Å²) in [5.74, 6) is 1.00. The van der Waals surface area contributed by atoms with Crippen molar-refractivity contribution in [1.29, 1.82) is 0 Å². The Morgan fingerprint density at radius 3 is 2.43 bits per heavy atom.